The highest BCUT2D eigenvalue weighted by molar-refractivity contribution is 9.10. The van der Waals surface area contributed by atoms with Crippen LogP contribution < -0.4 is 0 Å². The first-order valence-electron chi connectivity index (χ1n) is 4.91. The summed E-state index contributed by atoms with van der Waals surface area (Å²) < 4.78 is 1.11. The minimum absolute atomic E-state index is 0.00384. The lowest BCUT2D eigenvalue weighted by molar-refractivity contribution is -0.532. The molecule has 0 aromatic heterocycles. The van der Waals surface area contributed by atoms with Gasteiger partial charge < -0.3 is 0 Å². The van der Waals surface area contributed by atoms with Gasteiger partial charge in [-0.2, -0.15) is 0 Å². The zero-order valence-electron chi connectivity index (χ0n) is 7.70. The fourth-order valence-corrected chi connectivity index (χ4v) is 2.62. The smallest absolute Gasteiger partial charge is 0.151 e. The van der Waals surface area contributed by atoms with Crippen LogP contribution in [0.5, 0.6) is 0 Å². The van der Waals surface area contributed by atoms with E-state index in [0.29, 0.717) is 0 Å². The summed E-state index contributed by atoms with van der Waals surface area (Å²) >= 11 is 3.54. The van der Waals surface area contributed by atoms with Crippen molar-refractivity contribution >= 4 is 15.9 Å². The quantitative estimate of drug-likeness (QED) is 0.716. The Labute approximate surface area is 91.3 Å². The van der Waals surface area contributed by atoms with E-state index < -0.39 is 0 Å². The maximum Gasteiger partial charge on any atom is 0.151 e. The van der Waals surface area contributed by atoms with Crippen molar-refractivity contribution in [1.29, 1.82) is 0 Å². The van der Waals surface area contributed by atoms with Crippen LogP contribution in [0.1, 0.15) is 30.9 Å². The van der Waals surface area contributed by atoms with E-state index in [9.17, 15) is 0 Å². The summed E-state index contributed by atoms with van der Waals surface area (Å²) in [6.45, 7) is 0. The summed E-state index contributed by atoms with van der Waals surface area (Å²) in [5, 5.41) is 0. The Hall–Kier alpha value is -0.380. The second-order valence-electron chi connectivity index (χ2n) is 4.00. The first kappa shape index (κ1) is 8.89. The summed E-state index contributed by atoms with van der Waals surface area (Å²) in [5.41, 5.74) is 1.21. The van der Waals surface area contributed by atoms with Crippen molar-refractivity contribution in [3.05, 3.63) is 34.3 Å². The molecule has 1 aromatic carbocycles. The topological polar surface area (TPSA) is 18.5 Å². The molecule has 1 atom stereocenters. The Balaban J connectivity index is 1.92. The molecule has 74 valence electrons. The van der Waals surface area contributed by atoms with Crippen molar-refractivity contribution in [2.75, 3.05) is 0 Å². The first-order valence-corrected chi connectivity index (χ1v) is 5.70. The van der Waals surface area contributed by atoms with E-state index in [-0.39, 0.29) is 11.7 Å². The Morgan fingerprint density at radius 1 is 1.29 bits per heavy atom. The van der Waals surface area contributed by atoms with Gasteiger partial charge in [0.25, 0.3) is 0 Å². The van der Waals surface area contributed by atoms with Gasteiger partial charge in [-0.25, -0.2) is 9.78 Å². The molecule has 1 saturated carbocycles. The number of benzene rings is 1. The van der Waals surface area contributed by atoms with Crippen LogP contribution in [-0.2, 0) is 9.78 Å². The molecule has 1 aliphatic carbocycles. The van der Waals surface area contributed by atoms with Crippen LogP contribution in [0.15, 0.2) is 28.7 Å². The molecule has 0 amide bonds. The lowest BCUT2D eigenvalue weighted by Crippen LogP contribution is -2.55. The van der Waals surface area contributed by atoms with Crippen molar-refractivity contribution in [3.63, 3.8) is 0 Å². The van der Waals surface area contributed by atoms with Gasteiger partial charge in [-0.1, -0.05) is 34.1 Å². The van der Waals surface area contributed by atoms with Crippen molar-refractivity contribution in [2.45, 2.75) is 31.0 Å². The van der Waals surface area contributed by atoms with E-state index in [1.54, 1.807) is 0 Å². The Morgan fingerprint density at radius 3 is 2.57 bits per heavy atom. The highest BCUT2D eigenvalue weighted by Crippen LogP contribution is 2.55. The van der Waals surface area contributed by atoms with Gasteiger partial charge in [0.15, 0.2) is 6.10 Å². The molecular weight excluding hydrogens is 244 g/mol. The molecule has 2 aliphatic rings. The van der Waals surface area contributed by atoms with E-state index in [2.05, 4.69) is 22.0 Å². The summed E-state index contributed by atoms with van der Waals surface area (Å²) in [4.78, 5) is 10.5. The average Bonchev–Trinajstić information content (AvgIpc) is 2.04. The van der Waals surface area contributed by atoms with Gasteiger partial charge in [-0.15, -0.1) is 0 Å². The zero-order chi connectivity index (χ0) is 9.60. The molecule has 1 saturated heterocycles. The van der Waals surface area contributed by atoms with Gasteiger partial charge in [-0.05, 0) is 25.3 Å². The van der Waals surface area contributed by atoms with Gasteiger partial charge in [-0.3, -0.25) is 0 Å². The number of hydrogen-bond acceptors (Lipinski definition) is 2. The van der Waals surface area contributed by atoms with Crippen molar-refractivity contribution in [3.8, 4) is 0 Å². The standard InChI is InChI=1S/C11H11BrO2/c12-9-5-2-1-4-8(9)10-11(14-13-10)6-3-7-11/h1-2,4-5,10H,3,6-7H2. The molecule has 3 rings (SSSR count). The fraction of sp³-hybridized carbons (Fsp3) is 0.455. The predicted molar refractivity (Wildman–Crippen MR) is 55.6 cm³/mol. The van der Waals surface area contributed by atoms with Crippen LogP contribution in [0.2, 0.25) is 0 Å². The monoisotopic (exact) mass is 254 g/mol. The summed E-state index contributed by atoms with van der Waals surface area (Å²) in [7, 11) is 0. The van der Waals surface area contributed by atoms with Gasteiger partial charge in [0.05, 0.1) is 0 Å². The summed E-state index contributed by atoms with van der Waals surface area (Å²) in [5.74, 6) is 0. The Bertz CT molecular complexity index is 355. The van der Waals surface area contributed by atoms with Crippen LogP contribution in [-0.4, -0.2) is 5.60 Å². The molecule has 0 bridgehead atoms. The van der Waals surface area contributed by atoms with Crippen LogP contribution in [0.4, 0.5) is 0 Å². The van der Waals surface area contributed by atoms with Gasteiger partial charge in [0.1, 0.15) is 5.60 Å². The third-order valence-electron chi connectivity index (χ3n) is 3.18. The lowest BCUT2D eigenvalue weighted by Gasteiger charge is -2.52. The van der Waals surface area contributed by atoms with Crippen LogP contribution >= 0.6 is 15.9 Å². The molecule has 1 aliphatic heterocycles. The number of rotatable bonds is 1. The lowest BCUT2D eigenvalue weighted by atomic mass is 9.73. The van der Waals surface area contributed by atoms with E-state index in [4.69, 9.17) is 9.78 Å². The van der Waals surface area contributed by atoms with Crippen LogP contribution in [0.3, 0.4) is 0 Å². The first-order chi connectivity index (χ1) is 6.82. The number of hydrogen-bond donors (Lipinski definition) is 0. The molecule has 1 unspecified atom stereocenters. The third kappa shape index (κ3) is 1.09. The van der Waals surface area contributed by atoms with Crippen molar-refractivity contribution < 1.29 is 9.78 Å². The van der Waals surface area contributed by atoms with Crippen molar-refractivity contribution in [2.24, 2.45) is 0 Å². The van der Waals surface area contributed by atoms with Crippen molar-refractivity contribution in [1.82, 2.24) is 0 Å². The molecule has 0 N–H and O–H groups in total. The molecule has 0 radical (unpaired) electrons. The maximum atomic E-state index is 5.26. The second-order valence-corrected chi connectivity index (χ2v) is 4.85. The van der Waals surface area contributed by atoms with Gasteiger partial charge in [0.2, 0.25) is 0 Å². The van der Waals surface area contributed by atoms with E-state index in [0.717, 1.165) is 17.3 Å². The minimum atomic E-state index is 0.00384. The summed E-state index contributed by atoms with van der Waals surface area (Å²) in [6, 6.07) is 8.19. The highest BCUT2D eigenvalue weighted by atomic mass is 79.9. The SMILES string of the molecule is Brc1ccccc1C1OOC12CCC2. The molecule has 1 heterocycles. The van der Waals surface area contributed by atoms with Gasteiger partial charge >= 0.3 is 0 Å². The fourth-order valence-electron chi connectivity index (χ4n) is 2.13. The Kier molecular flexibility index (Phi) is 1.94. The highest BCUT2D eigenvalue weighted by Gasteiger charge is 2.56. The van der Waals surface area contributed by atoms with E-state index in [1.807, 2.05) is 18.2 Å². The van der Waals surface area contributed by atoms with Crippen LogP contribution in [0.25, 0.3) is 0 Å². The maximum absolute atomic E-state index is 5.26. The number of halogens is 1. The Morgan fingerprint density at radius 2 is 2.07 bits per heavy atom. The molecular formula is C11H11BrO2. The van der Waals surface area contributed by atoms with Crippen LogP contribution in [0, 0.1) is 0 Å². The molecule has 2 fully saturated rings. The second kappa shape index (κ2) is 3.05. The largest absolute Gasteiger partial charge is 0.226 e. The predicted octanol–water partition coefficient (Wildman–Crippen LogP) is 3.37. The third-order valence-corrected chi connectivity index (χ3v) is 3.90. The molecule has 1 aromatic rings. The van der Waals surface area contributed by atoms with E-state index >= 15 is 0 Å². The van der Waals surface area contributed by atoms with Gasteiger partial charge in [0, 0.05) is 10.0 Å². The molecule has 3 heteroatoms. The minimum Gasteiger partial charge on any atom is -0.226 e. The molecule has 14 heavy (non-hydrogen) atoms. The normalized spacial score (nSPS) is 28.2. The zero-order valence-corrected chi connectivity index (χ0v) is 9.29. The average molecular weight is 255 g/mol. The molecule has 2 nitrogen and oxygen atoms in total. The summed E-state index contributed by atoms with van der Waals surface area (Å²) in [6.07, 6.45) is 3.63. The molecule has 1 spiro atoms. The van der Waals surface area contributed by atoms with E-state index in [1.165, 1.54) is 12.0 Å².